The standard InChI is InChI=1S/C21H27N5O2S/c1-12(2)14-4-6-15(7-5-14)17(25-10-8-16(9-11-25)19(22)27)18-20(28)26-21(29-18)23-13(3)24-26/h4-7,12,16-17,28H,8-11H2,1-3H3,(H2,22,27)/t17-/m1/s1. The maximum atomic E-state index is 11.6. The monoisotopic (exact) mass is 413 g/mol. The van der Waals surface area contributed by atoms with E-state index in [9.17, 15) is 9.90 Å². The molecule has 1 saturated heterocycles. The van der Waals surface area contributed by atoms with Gasteiger partial charge in [-0.1, -0.05) is 49.4 Å². The molecule has 1 amide bonds. The van der Waals surface area contributed by atoms with E-state index in [1.807, 2.05) is 6.92 Å². The summed E-state index contributed by atoms with van der Waals surface area (Å²) in [5.74, 6) is 0.937. The van der Waals surface area contributed by atoms with Gasteiger partial charge >= 0.3 is 0 Å². The van der Waals surface area contributed by atoms with Crippen LogP contribution in [-0.4, -0.2) is 43.6 Å². The highest BCUT2D eigenvalue weighted by Gasteiger charge is 2.33. The van der Waals surface area contributed by atoms with Gasteiger partial charge in [-0.25, -0.2) is 4.98 Å². The van der Waals surface area contributed by atoms with Crippen molar-refractivity contribution >= 4 is 22.2 Å². The summed E-state index contributed by atoms with van der Waals surface area (Å²) in [6.07, 6.45) is 1.47. The number of fused-ring (bicyclic) bond motifs is 1. The van der Waals surface area contributed by atoms with Crippen LogP contribution in [-0.2, 0) is 4.79 Å². The molecule has 2 aromatic heterocycles. The second-order valence-corrected chi connectivity index (χ2v) is 9.09. The van der Waals surface area contributed by atoms with Gasteiger partial charge in [0.1, 0.15) is 5.82 Å². The lowest BCUT2D eigenvalue weighted by atomic mass is 9.92. The van der Waals surface area contributed by atoms with E-state index in [4.69, 9.17) is 5.73 Å². The smallest absolute Gasteiger partial charge is 0.230 e. The summed E-state index contributed by atoms with van der Waals surface area (Å²) in [5.41, 5.74) is 7.91. The minimum atomic E-state index is -0.223. The van der Waals surface area contributed by atoms with Crippen LogP contribution in [0.25, 0.3) is 4.96 Å². The number of aromatic nitrogens is 3. The summed E-state index contributed by atoms with van der Waals surface area (Å²) in [6.45, 7) is 7.66. The Kier molecular flexibility index (Phi) is 5.31. The number of hydrogen-bond acceptors (Lipinski definition) is 6. The third kappa shape index (κ3) is 3.74. The number of piperidine rings is 1. The molecule has 0 bridgehead atoms. The molecule has 0 saturated carbocycles. The fourth-order valence-electron chi connectivity index (χ4n) is 4.06. The first-order valence-corrected chi connectivity index (χ1v) is 10.8. The number of aromatic hydroxyl groups is 1. The van der Waals surface area contributed by atoms with Crippen LogP contribution in [0.4, 0.5) is 0 Å². The van der Waals surface area contributed by atoms with E-state index in [1.54, 1.807) is 0 Å². The molecule has 1 aliphatic rings. The summed E-state index contributed by atoms with van der Waals surface area (Å²) in [5, 5.41) is 15.2. The van der Waals surface area contributed by atoms with Crippen molar-refractivity contribution in [1.82, 2.24) is 19.5 Å². The number of primary amides is 1. The van der Waals surface area contributed by atoms with Gasteiger partial charge in [0.2, 0.25) is 16.7 Å². The Labute approximate surface area is 174 Å². The van der Waals surface area contributed by atoms with E-state index in [-0.39, 0.29) is 23.7 Å². The first-order valence-electron chi connectivity index (χ1n) is 10.0. The number of benzene rings is 1. The first-order chi connectivity index (χ1) is 13.8. The molecule has 1 aromatic carbocycles. The first kappa shape index (κ1) is 19.8. The zero-order valence-electron chi connectivity index (χ0n) is 17.0. The van der Waals surface area contributed by atoms with Crippen LogP contribution >= 0.6 is 11.3 Å². The molecule has 8 heteroatoms. The van der Waals surface area contributed by atoms with E-state index in [0.29, 0.717) is 16.7 Å². The van der Waals surface area contributed by atoms with Gasteiger partial charge in [-0.05, 0) is 49.9 Å². The van der Waals surface area contributed by atoms with Gasteiger partial charge in [-0.2, -0.15) is 4.52 Å². The van der Waals surface area contributed by atoms with Crippen molar-refractivity contribution in [3.8, 4) is 5.88 Å². The minimum absolute atomic E-state index is 0.0752. The van der Waals surface area contributed by atoms with Crippen LogP contribution in [0.15, 0.2) is 24.3 Å². The van der Waals surface area contributed by atoms with Gasteiger partial charge in [0.05, 0.1) is 10.9 Å². The van der Waals surface area contributed by atoms with Crippen molar-refractivity contribution in [3.05, 3.63) is 46.1 Å². The van der Waals surface area contributed by atoms with Gasteiger partial charge < -0.3 is 10.8 Å². The van der Waals surface area contributed by atoms with Crippen molar-refractivity contribution in [2.75, 3.05) is 13.1 Å². The van der Waals surface area contributed by atoms with E-state index in [1.165, 1.54) is 21.4 Å². The molecule has 1 aliphatic heterocycles. The van der Waals surface area contributed by atoms with Gasteiger partial charge in [-0.3, -0.25) is 9.69 Å². The van der Waals surface area contributed by atoms with Crippen LogP contribution < -0.4 is 5.73 Å². The number of hydrogen-bond donors (Lipinski definition) is 2. The Bertz CT molecular complexity index is 1020. The number of thiazole rings is 1. The van der Waals surface area contributed by atoms with Crippen molar-refractivity contribution in [1.29, 1.82) is 0 Å². The number of likely N-dealkylation sites (tertiary alicyclic amines) is 1. The summed E-state index contributed by atoms with van der Waals surface area (Å²) in [4.78, 5) is 19.8. The van der Waals surface area contributed by atoms with Crippen LogP contribution in [0, 0.1) is 12.8 Å². The number of nitrogens with two attached hydrogens (primary N) is 1. The number of carbonyl (C=O) groups is 1. The number of aryl methyl sites for hydroxylation is 1. The van der Waals surface area contributed by atoms with Crippen LogP contribution in [0.2, 0.25) is 0 Å². The van der Waals surface area contributed by atoms with Crippen molar-refractivity contribution < 1.29 is 9.90 Å². The van der Waals surface area contributed by atoms with Crippen molar-refractivity contribution in [2.24, 2.45) is 11.7 Å². The third-order valence-electron chi connectivity index (χ3n) is 5.77. The topological polar surface area (TPSA) is 96.8 Å². The van der Waals surface area contributed by atoms with E-state index < -0.39 is 0 Å². The van der Waals surface area contributed by atoms with Crippen molar-refractivity contribution in [2.45, 2.75) is 45.6 Å². The zero-order valence-corrected chi connectivity index (χ0v) is 17.8. The number of carbonyl (C=O) groups excluding carboxylic acids is 1. The predicted octanol–water partition coefficient (Wildman–Crippen LogP) is 3.21. The average molecular weight is 414 g/mol. The molecule has 0 spiro atoms. The highest BCUT2D eigenvalue weighted by atomic mass is 32.1. The minimum Gasteiger partial charge on any atom is -0.492 e. The Morgan fingerprint density at radius 1 is 1.21 bits per heavy atom. The normalized spacial score (nSPS) is 17.2. The molecule has 0 aliphatic carbocycles. The molecular formula is C21H27N5O2S. The molecule has 4 rings (SSSR count). The average Bonchev–Trinajstić information content (AvgIpc) is 3.20. The number of rotatable bonds is 5. The summed E-state index contributed by atoms with van der Waals surface area (Å²) in [6, 6.07) is 8.48. The largest absolute Gasteiger partial charge is 0.492 e. The van der Waals surface area contributed by atoms with Gasteiger partial charge in [0, 0.05) is 5.92 Å². The Hall–Kier alpha value is -2.45. The van der Waals surface area contributed by atoms with E-state index >= 15 is 0 Å². The molecule has 0 unspecified atom stereocenters. The van der Waals surface area contributed by atoms with Crippen molar-refractivity contribution in [3.63, 3.8) is 0 Å². The highest BCUT2D eigenvalue weighted by Crippen LogP contribution is 2.41. The molecular weight excluding hydrogens is 386 g/mol. The van der Waals surface area contributed by atoms with E-state index in [0.717, 1.165) is 36.4 Å². The van der Waals surface area contributed by atoms with Gasteiger partial charge in [0.25, 0.3) is 0 Å². The fourth-order valence-corrected chi connectivity index (χ4v) is 5.22. The number of amides is 1. The molecule has 0 radical (unpaired) electrons. The van der Waals surface area contributed by atoms with Gasteiger partial charge in [-0.15, -0.1) is 5.10 Å². The summed E-state index contributed by atoms with van der Waals surface area (Å²) >= 11 is 1.46. The fraction of sp³-hybridized carbons (Fsp3) is 0.476. The molecule has 3 N–H and O–H groups in total. The molecule has 154 valence electrons. The predicted molar refractivity (Wildman–Crippen MR) is 113 cm³/mol. The molecule has 1 atom stereocenters. The van der Waals surface area contributed by atoms with Crippen LogP contribution in [0.5, 0.6) is 5.88 Å². The molecule has 29 heavy (non-hydrogen) atoms. The maximum absolute atomic E-state index is 11.6. The highest BCUT2D eigenvalue weighted by molar-refractivity contribution is 7.17. The summed E-state index contributed by atoms with van der Waals surface area (Å²) < 4.78 is 1.51. The molecule has 1 fully saturated rings. The van der Waals surface area contributed by atoms with Crippen LogP contribution in [0.3, 0.4) is 0 Å². The maximum Gasteiger partial charge on any atom is 0.230 e. The molecule has 3 heterocycles. The second-order valence-electron chi connectivity index (χ2n) is 8.08. The van der Waals surface area contributed by atoms with Crippen LogP contribution in [0.1, 0.15) is 60.5 Å². The SMILES string of the molecule is Cc1nc2sc([C@@H](c3ccc(C(C)C)cc3)N3CCC(C(N)=O)CC3)c(O)n2n1. The lowest BCUT2D eigenvalue weighted by Gasteiger charge is -2.36. The van der Waals surface area contributed by atoms with E-state index in [2.05, 4.69) is 53.1 Å². The third-order valence-corrected chi connectivity index (χ3v) is 6.84. The quantitative estimate of drug-likeness (QED) is 0.669. The van der Waals surface area contributed by atoms with Gasteiger partial charge in [0.15, 0.2) is 0 Å². The zero-order chi connectivity index (χ0) is 20.7. The Morgan fingerprint density at radius 2 is 1.83 bits per heavy atom. The Balaban J connectivity index is 1.73. The second kappa shape index (κ2) is 7.76. The number of nitrogens with zero attached hydrogens (tertiary/aromatic N) is 4. The lowest BCUT2D eigenvalue weighted by Crippen LogP contribution is -2.40. The lowest BCUT2D eigenvalue weighted by molar-refractivity contribution is -0.123. The molecule has 7 nitrogen and oxygen atoms in total. The molecule has 3 aromatic rings. The Morgan fingerprint density at radius 3 is 2.38 bits per heavy atom. The summed E-state index contributed by atoms with van der Waals surface area (Å²) in [7, 11) is 0.